The van der Waals surface area contributed by atoms with Gasteiger partial charge in [0.15, 0.2) is 0 Å². The van der Waals surface area contributed by atoms with Gasteiger partial charge in [0.2, 0.25) is 5.91 Å². The molecule has 0 heterocycles. The van der Waals surface area contributed by atoms with E-state index in [9.17, 15) is 19.5 Å². The van der Waals surface area contributed by atoms with Gasteiger partial charge in [-0.25, -0.2) is 0 Å². The lowest BCUT2D eigenvalue weighted by molar-refractivity contribution is -0.139. The van der Waals surface area contributed by atoms with Gasteiger partial charge < -0.3 is 21.3 Å². The van der Waals surface area contributed by atoms with E-state index in [1.54, 1.807) is 11.8 Å². The quantitative estimate of drug-likeness (QED) is 0.429. The van der Waals surface area contributed by atoms with Crippen LogP contribution >= 0.6 is 11.8 Å². The Morgan fingerprint density at radius 3 is 2.50 bits per heavy atom. The van der Waals surface area contributed by atoms with Gasteiger partial charge in [-0.15, -0.1) is 0 Å². The predicted octanol–water partition coefficient (Wildman–Crippen LogP) is 0.775. The molecular formula is C16H26N2O5S. The number of hydrogen-bond acceptors (Lipinski definition) is 5. The van der Waals surface area contributed by atoms with E-state index in [1.165, 1.54) is 0 Å². The van der Waals surface area contributed by atoms with Crippen LogP contribution in [0.4, 0.5) is 0 Å². The lowest BCUT2D eigenvalue weighted by atomic mass is 9.92. The van der Waals surface area contributed by atoms with Crippen molar-refractivity contribution in [3.63, 3.8) is 0 Å². The summed E-state index contributed by atoms with van der Waals surface area (Å²) < 4.78 is 0. The fraction of sp³-hybridized carbons (Fsp3) is 0.812. The van der Waals surface area contributed by atoms with Crippen molar-refractivity contribution in [1.29, 1.82) is 0 Å². The van der Waals surface area contributed by atoms with E-state index >= 15 is 0 Å². The smallest absolute Gasteiger partial charge is 0.307 e. The van der Waals surface area contributed by atoms with E-state index in [4.69, 9.17) is 10.8 Å². The molecule has 1 amide bonds. The molecule has 7 nitrogen and oxygen atoms in total. The summed E-state index contributed by atoms with van der Waals surface area (Å²) in [5.74, 6) is -1.77. The van der Waals surface area contributed by atoms with Gasteiger partial charge in [-0.3, -0.25) is 14.4 Å². The van der Waals surface area contributed by atoms with Gasteiger partial charge >= 0.3 is 11.9 Å². The lowest BCUT2D eigenvalue weighted by Gasteiger charge is -2.15. The second-order valence-corrected chi connectivity index (χ2v) is 7.93. The van der Waals surface area contributed by atoms with E-state index < -0.39 is 23.9 Å². The van der Waals surface area contributed by atoms with Gasteiger partial charge in [0.1, 0.15) is 0 Å². The highest BCUT2D eigenvalue weighted by Crippen LogP contribution is 2.69. The second-order valence-electron chi connectivity index (χ2n) is 6.94. The number of nitrogens with two attached hydrogens (primary N) is 1. The number of carbonyl (C=O) groups excluding carboxylic acids is 1. The minimum atomic E-state index is -0.854. The summed E-state index contributed by atoms with van der Waals surface area (Å²) in [4.78, 5) is 34.2. The Hall–Kier alpha value is -1.28. The normalized spacial score (nSPS) is 28.0. The van der Waals surface area contributed by atoms with E-state index in [0.29, 0.717) is 19.4 Å². The minimum Gasteiger partial charge on any atom is -0.481 e. The van der Waals surface area contributed by atoms with E-state index in [2.05, 4.69) is 5.32 Å². The average molecular weight is 358 g/mol. The predicted molar refractivity (Wildman–Crippen MR) is 90.6 cm³/mol. The van der Waals surface area contributed by atoms with Gasteiger partial charge in [0.25, 0.3) is 0 Å². The van der Waals surface area contributed by atoms with Crippen molar-refractivity contribution in [2.24, 2.45) is 28.9 Å². The zero-order valence-corrected chi connectivity index (χ0v) is 14.7. The van der Waals surface area contributed by atoms with Crippen LogP contribution in [0.5, 0.6) is 0 Å². The first-order valence-corrected chi connectivity index (χ1v) is 9.68. The second kappa shape index (κ2) is 7.74. The number of carboxylic acids is 2. The van der Waals surface area contributed by atoms with Gasteiger partial charge in [-0.05, 0) is 54.9 Å². The maximum absolute atomic E-state index is 12.0. The van der Waals surface area contributed by atoms with E-state index in [1.807, 2.05) is 6.26 Å². The van der Waals surface area contributed by atoms with Crippen LogP contribution in [0.25, 0.3) is 0 Å². The van der Waals surface area contributed by atoms with Crippen LogP contribution in [-0.2, 0) is 14.4 Å². The molecule has 0 radical (unpaired) electrons. The molecular weight excluding hydrogens is 332 g/mol. The van der Waals surface area contributed by atoms with E-state index in [0.717, 1.165) is 18.6 Å². The molecule has 24 heavy (non-hydrogen) atoms. The molecule has 2 aliphatic carbocycles. The van der Waals surface area contributed by atoms with Crippen LogP contribution < -0.4 is 11.1 Å². The highest BCUT2D eigenvalue weighted by molar-refractivity contribution is 7.98. The van der Waals surface area contributed by atoms with E-state index in [-0.39, 0.29) is 29.6 Å². The Labute approximate surface area is 145 Å². The summed E-state index contributed by atoms with van der Waals surface area (Å²) in [6, 6.07) is -0.570. The lowest BCUT2D eigenvalue weighted by Crippen LogP contribution is -2.42. The Morgan fingerprint density at radius 2 is 2.00 bits per heavy atom. The average Bonchev–Trinajstić information content (AvgIpc) is 3.41. The third-order valence-electron chi connectivity index (χ3n) is 5.37. The van der Waals surface area contributed by atoms with Gasteiger partial charge in [-0.1, -0.05) is 0 Å². The summed E-state index contributed by atoms with van der Waals surface area (Å²) in [7, 11) is 0. The Morgan fingerprint density at radius 1 is 1.33 bits per heavy atom. The molecule has 2 saturated carbocycles. The summed E-state index contributed by atoms with van der Waals surface area (Å²) in [5.41, 5.74) is 5.66. The summed E-state index contributed by atoms with van der Waals surface area (Å²) in [6.45, 7) is 0.308. The van der Waals surface area contributed by atoms with Crippen LogP contribution in [-0.4, -0.2) is 52.7 Å². The first-order chi connectivity index (χ1) is 11.3. The van der Waals surface area contributed by atoms with Crippen molar-refractivity contribution in [2.45, 2.75) is 38.1 Å². The number of aliphatic carboxylic acids is 2. The van der Waals surface area contributed by atoms with Gasteiger partial charge in [0.05, 0.1) is 12.0 Å². The highest BCUT2D eigenvalue weighted by atomic mass is 32.2. The first kappa shape index (κ1) is 19.1. The molecule has 5 N–H and O–H groups in total. The minimum absolute atomic E-state index is 0.0305. The molecule has 0 aromatic carbocycles. The third kappa shape index (κ3) is 4.42. The number of nitrogens with one attached hydrogen (secondary N) is 1. The monoisotopic (exact) mass is 358 g/mol. The molecule has 4 unspecified atom stereocenters. The van der Waals surface area contributed by atoms with Crippen molar-refractivity contribution in [1.82, 2.24) is 5.32 Å². The molecule has 2 aliphatic rings. The number of amides is 1. The Bertz CT molecular complexity index is 509. The number of carboxylic acid groups (broad SMARTS) is 2. The summed E-state index contributed by atoms with van der Waals surface area (Å²) in [5, 5.41) is 21.0. The maximum atomic E-state index is 12.0. The van der Waals surface area contributed by atoms with Crippen LogP contribution in [0.2, 0.25) is 0 Å². The molecule has 0 saturated heterocycles. The fourth-order valence-electron chi connectivity index (χ4n) is 3.79. The third-order valence-corrected chi connectivity index (χ3v) is 6.02. The highest BCUT2D eigenvalue weighted by Gasteiger charge is 2.67. The Balaban J connectivity index is 1.87. The SMILES string of the molecule is CSCCC(N)C(=O)NCC1C(C(=O)O)C1C1(CCC(=O)O)CC1. The molecule has 0 aliphatic heterocycles. The van der Waals surface area contributed by atoms with Crippen LogP contribution in [0.15, 0.2) is 0 Å². The largest absolute Gasteiger partial charge is 0.481 e. The van der Waals surface area contributed by atoms with Crippen molar-refractivity contribution >= 4 is 29.6 Å². The number of hydrogen-bond donors (Lipinski definition) is 4. The molecule has 2 fully saturated rings. The zero-order valence-electron chi connectivity index (χ0n) is 13.9. The van der Waals surface area contributed by atoms with Gasteiger partial charge in [0, 0.05) is 13.0 Å². The molecule has 0 aromatic rings. The van der Waals surface area contributed by atoms with Crippen molar-refractivity contribution in [2.75, 3.05) is 18.6 Å². The number of carbonyl (C=O) groups is 3. The van der Waals surface area contributed by atoms with Crippen LogP contribution in [0.1, 0.15) is 32.1 Å². The number of thioether (sulfide) groups is 1. The van der Waals surface area contributed by atoms with Gasteiger partial charge in [-0.2, -0.15) is 11.8 Å². The number of rotatable bonds is 11. The van der Waals surface area contributed by atoms with Crippen LogP contribution in [0.3, 0.4) is 0 Å². The zero-order chi connectivity index (χ0) is 17.9. The summed E-state index contributed by atoms with van der Waals surface area (Å²) in [6.07, 6.45) is 4.89. The molecule has 2 rings (SSSR count). The van der Waals surface area contributed by atoms with Crippen molar-refractivity contribution < 1.29 is 24.6 Å². The molecule has 4 atom stereocenters. The molecule has 0 bridgehead atoms. The molecule has 136 valence electrons. The van der Waals surface area contributed by atoms with Crippen molar-refractivity contribution in [3.05, 3.63) is 0 Å². The fourth-order valence-corrected chi connectivity index (χ4v) is 4.28. The van der Waals surface area contributed by atoms with Crippen molar-refractivity contribution in [3.8, 4) is 0 Å². The standard InChI is InChI=1S/C16H26N2O5S/c1-24-7-3-10(17)14(21)18-8-9-12(15(22)23)13(9)16(5-6-16)4-2-11(19)20/h9-10,12-13H,2-8,17H2,1H3,(H,18,21)(H,19,20)(H,22,23). The first-order valence-electron chi connectivity index (χ1n) is 8.29. The molecule has 0 spiro atoms. The molecule has 8 heteroatoms. The maximum Gasteiger partial charge on any atom is 0.307 e. The topological polar surface area (TPSA) is 130 Å². The summed E-state index contributed by atoms with van der Waals surface area (Å²) >= 11 is 1.62. The Kier molecular flexibility index (Phi) is 6.14. The molecule has 0 aromatic heterocycles. The van der Waals surface area contributed by atoms with Crippen LogP contribution in [0, 0.1) is 23.2 Å².